The lowest BCUT2D eigenvalue weighted by Crippen LogP contribution is -2.49. The third kappa shape index (κ3) is 3.80. The molecule has 0 radical (unpaired) electrons. The molecule has 5 nitrogen and oxygen atoms in total. The van der Waals surface area contributed by atoms with Gasteiger partial charge >= 0.3 is 0 Å². The summed E-state index contributed by atoms with van der Waals surface area (Å²) in [6.45, 7) is 4.97. The number of methoxy groups -OCH3 is 1. The number of nitrogens with zero attached hydrogens (tertiary/aromatic N) is 1. The van der Waals surface area contributed by atoms with Gasteiger partial charge in [-0.15, -0.1) is 0 Å². The summed E-state index contributed by atoms with van der Waals surface area (Å²) in [5, 5.41) is 4.05. The number of hydrogen-bond donors (Lipinski definition) is 1. The standard InChI is InChI=1S/C23H24N2O3/c1-16-15-25(12-11-24-16)18-8-10-22-20(13-18)21(26)14-23(28-22)17-5-3-4-6-19(27-2)9-7-17/h3-10,13-14,16,24H,11-12,15H2,1-2H3/b4-3?,5-3+,6-4+,9-7?,17-5?,17-7+,19-6?,19-9+/t16-/m1/s1. The molecule has 2 heterocycles. The van der Waals surface area contributed by atoms with Gasteiger partial charge in [0.15, 0.2) is 5.43 Å². The molecule has 0 spiro atoms. The second-order valence-electron chi connectivity index (χ2n) is 7.07. The number of allylic oxidation sites excluding steroid dienone is 7. The zero-order chi connectivity index (χ0) is 19.5. The van der Waals surface area contributed by atoms with Crippen LogP contribution < -0.4 is 15.6 Å². The lowest BCUT2D eigenvalue weighted by molar-refractivity contribution is 0.307. The van der Waals surface area contributed by atoms with Gasteiger partial charge in [-0.05, 0) is 43.4 Å². The Morgan fingerprint density at radius 2 is 2.04 bits per heavy atom. The van der Waals surface area contributed by atoms with E-state index in [-0.39, 0.29) is 5.43 Å². The van der Waals surface area contributed by atoms with Crippen LogP contribution in [0, 0.1) is 0 Å². The van der Waals surface area contributed by atoms with E-state index in [0.717, 1.165) is 36.7 Å². The highest BCUT2D eigenvalue weighted by Gasteiger charge is 2.17. The van der Waals surface area contributed by atoms with Gasteiger partial charge in [-0.2, -0.15) is 0 Å². The maximum Gasteiger partial charge on any atom is 0.193 e. The molecule has 1 aromatic carbocycles. The van der Waals surface area contributed by atoms with Crippen molar-refractivity contribution in [1.82, 2.24) is 5.32 Å². The Labute approximate surface area is 164 Å². The van der Waals surface area contributed by atoms with E-state index < -0.39 is 0 Å². The second-order valence-corrected chi connectivity index (χ2v) is 7.07. The fourth-order valence-electron chi connectivity index (χ4n) is 3.54. The van der Waals surface area contributed by atoms with Crippen molar-refractivity contribution < 1.29 is 9.15 Å². The molecule has 1 fully saturated rings. The summed E-state index contributed by atoms with van der Waals surface area (Å²) >= 11 is 0. The van der Waals surface area contributed by atoms with Crippen molar-refractivity contribution in [2.75, 3.05) is 31.6 Å². The number of piperazine rings is 1. The molecule has 28 heavy (non-hydrogen) atoms. The monoisotopic (exact) mass is 376 g/mol. The number of benzene rings is 1. The molecule has 0 bridgehead atoms. The largest absolute Gasteiger partial charge is 0.497 e. The van der Waals surface area contributed by atoms with E-state index in [1.54, 1.807) is 13.2 Å². The van der Waals surface area contributed by atoms with Crippen molar-refractivity contribution in [3.63, 3.8) is 0 Å². The van der Waals surface area contributed by atoms with Crippen molar-refractivity contribution in [2.45, 2.75) is 13.0 Å². The average Bonchev–Trinajstić information content (AvgIpc) is 2.68. The molecule has 1 aliphatic heterocycles. The molecule has 0 amide bonds. The highest BCUT2D eigenvalue weighted by molar-refractivity contribution is 5.83. The molecule has 1 aliphatic carbocycles. The Kier molecular flexibility index (Phi) is 5.17. The van der Waals surface area contributed by atoms with E-state index in [9.17, 15) is 4.79 Å². The molecule has 0 saturated carbocycles. The first-order valence-electron chi connectivity index (χ1n) is 9.51. The SMILES string of the molecule is COC1=C/C=C(c2cc(=O)c3cc(N4CCN[C@H](C)C4)ccc3o2)\C=C\C=C\1. The smallest absolute Gasteiger partial charge is 0.193 e. The quantitative estimate of drug-likeness (QED) is 0.887. The van der Waals surface area contributed by atoms with Crippen molar-refractivity contribution >= 4 is 22.2 Å². The van der Waals surface area contributed by atoms with Crippen LogP contribution in [0.15, 0.2) is 75.7 Å². The summed E-state index contributed by atoms with van der Waals surface area (Å²) in [5.41, 5.74) is 2.43. The predicted octanol–water partition coefficient (Wildman–Crippen LogP) is 3.63. The van der Waals surface area contributed by atoms with Crippen LogP contribution in [0.25, 0.3) is 16.5 Å². The molecule has 4 rings (SSSR count). The van der Waals surface area contributed by atoms with Crippen LogP contribution >= 0.6 is 0 Å². The summed E-state index contributed by atoms with van der Waals surface area (Å²) in [7, 11) is 1.63. The molecule has 5 heteroatoms. The van der Waals surface area contributed by atoms with E-state index in [4.69, 9.17) is 9.15 Å². The molecule has 2 aliphatic rings. The Bertz CT molecular complexity index is 1060. The van der Waals surface area contributed by atoms with Crippen molar-refractivity contribution in [3.8, 4) is 0 Å². The van der Waals surface area contributed by atoms with Crippen LogP contribution in [0.2, 0.25) is 0 Å². The van der Waals surface area contributed by atoms with E-state index in [0.29, 0.717) is 22.8 Å². The van der Waals surface area contributed by atoms with E-state index in [2.05, 4.69) is 17.1 Å². The summed E-state index contributed by atoms with van der Waals surface area (Å²) in [4.78, 5) is 15.1. The van der Waals surface area contributed by atoms with Crippen molar-refractivity contribution in [2.24, 2.45) is 0 Å². The van der Waals surface area contributed by atoms with Gasteiger partial charge in [0.05, 0.1) is 12.5 Å². The summed E-state index contributed by atoms with van der Waals surface area (Å²) in [5.74, 6) is 1.28. The molecule has 1 aromatic heterocycles. The molecule has 144 valence electrons. The van der Waals surface area contributed by atoms with Gasteiger partial charge in [0.1, 0.15) is 17.1 Å². The number of anilines is 1. The number of rotatable bonds is 3. The van der Waals surface area contributed by atoms with Crippen LogP contribution in [-0.2, 0) is 4.74 Å². The highest BCUT2D eigenvalue weighted by Crippen LogP contribution is 2.25. The van der Waals surface area contributed by atoms with Crippen molar-refractivity contribution in [1.29, 1.82) is 0 Å². The Morgan fingerprint density at radius 1 is 1.18 bits per heavy atom. The van der Waals surface area contributed by atoms with Gasteiger partial charge in [0.2, 0.25) is 0 Å². The lowest BCUT2D eigenvalue weighted by atomic mass is 10.1. The Hall–Kier alpha value is -3.05. The molecule has 1 N–H and O–H groups in total. The van der Waals surface area contributed by atoms with E-state index in [1.165, 1.54) is 0 Å². The molecular weight excluding hydrogens is 352 g/mol. The fraction of sp³-hybridized carbons (Fsp3) is 0.261. The third-order valence-electron chi connectivity index (χ3n) is 5.04. The molecular formula is C23H24N2O3. The second kappa shape index (κ2) is 7.90. The molecule has 0 unspecified atom stereocenters. The van der Waals surface area contributed by atoms with Gasteiger partial charge in [-0.25, -0.2) is 0 Å². The van der Waals surface area contributed by atoms with Crippen LogP contribution in [0.4, 0.5) is 5.69 Å². The molecule has 1 atom stereocenters. The first kappa shape index (κ1) is 18.3. The maximum atomic E-state index is 12.8. The zero-order valence-electron chi connectivity index (χ0n) is 16.1. The first-order valence-corrected chi connectivity index (χ1v) is 9.51. The van der Waals surface area contributed by atoms with Gasteiger partial charge in [0, 0.05) is 43.0 Å². The summed E-state index contributed by atoms with van der Waals surface area (Å²) < 4.78 is 11.3. The van der Waals surface area contributed by atoms with Crippen LogP contribution in [0.5, 0.6) is 0 Å². The highest BCUT2D eigenvalue weighted by atomic mass is 16.5. The third-order valence-corrected chi connectivity index (χ3v) is 5.04. The topological polar surface area (TPSA) is 54.7 Å². The minimum absolute atomic E-state index is 0.0378. The minimum Gasteiger partial charge on any atom is -0.497 e. The first-order chi connectivity index (χ1) is 13.6. The van der Waals surface area contributed by atoms with E-state index >= 15 is 0 Å². The van der Waals surface area contributed by atoms with E-state index in [1.807, 2.05) is 54.7 Å². The molecule has 1 saturated heterocycles. The number of ether oxygens (including phenoxy) is 1. The Morgan fingerprint density at radius 3 is 2.86 bits per heavy atom. The minimum atomic E-state index is -0.0378. The summed E-state index contributed by atoms with van der Waals surface area (Å²) in [6.07, 6.45) is 11.3. The van der Waals surface area contributed by atoms with Crippen LogP contribution in [0.1, 0.15) is 12.7 Å². The number of fused-ring (bicyclic) bond motifs is 1. The lowest BCUT2D eigenvalue weighted by Gasteiger charge is -2.33. The van der Waals surface area contributed by atoms with Crippen LogP contribution in [0.3, 0.4) is 0 Å². The summed E-state index contributed by atoms with van der Waals surface area (Å²) in [6, 6.07) is 7.86. The van der Waals surface area contributed by atoms with Crippen LogP contribution in [-0.4, -0.2) is 32.8 Å². The maximum absolute atomic E-state index is 12.8. The average molecular weight is 376 g/mol. The Balaban J connectivity index is 1.71. The number of nitrogens with one attached hydrogen (secondary N) is 1. The molecule has 2 aromatic rings. The van der Waals surface area contributed by atoms with Gasteiger partial charge < -0.3 is 19.4 Å². The zero-order valence-corrected chi connectivity index (χ0v) is 16.1. The van der Waals surface area contributed by atoms with Crippen molar-refractivity contribution in [3.05, 3.63) is 82.5 Å². The number of hydrogen-bond acceptors (Lipinski definition) is 5. The predicted molar refractivity (Wildman–Crippen MR) is 114 cm³/mol. The fourth-order valence-corrected chi connectivity index (χ4v) is 3.54. The van der Waals surface area contributed by atoms with Gasteiger partial charge in [-0.3, -0.25) is 4.79 Å². The normalized spacial score (nSPS) is 25.8. The van der Waals surface area contributed by atoms with Gasteiger partial charge in [-0.1, -0.05) is 18.2 Å². The van der Waals surface area contributed by atoms with Gasteiger partial charge in [0.25, 0.3) is 0 Å².